The number of thioether (sulfide) groups is 1. The molecule has 1 fully saturated rings. The average molecular weight is 478 g/mol. The summed E-state index contributed by atoms with van der Waals surface area (Å²) in [4.78, 5) is 12.4. The predicted molar refractivity (Wildman–Crippen MR) is 130 cm³/mol. The third-order valence-corrected chi connectivity index (χ3v) is 6.29. The highest BCUT2D eigenvalue weighted by Gasteiger charge is 2.22. The van der Waals surface area contributed by atoms with E-state index in [0.29, 0.717) is 50.4 Å². The monoisotopic (exact) mass is 477 g/mol. The number of benzene rings is 2. The van der Waals surface area contributed by atoms with Crippen LogP contribution in [0, 0.1) is 0 Å². The maximum absolute atomic E-state index is 11.9. The molecular weight excluding hydrogens is 454 g/mol. The summed E-state index contributed by atoms with van der Waals surface area (Å²) in [5.74, 6) is 2.01. The van der Waals surface area contributed by atoms with Gasteiger partial charge in [0.1, 0.15) is 23.3 Å². The first-order valence-electron chi connectivity index (χ1n) is 9.89. The van der Waals surface area contributed by atoms with Gasteiger partial charge in [0, 0.05) is 0 Å². The van der Waals surface area contributed by atoms with E-state index in [1.165, 1.54) is 24.4 Å². The number of rotatable bonds is 9. The standard InChI is InChI=1S/C23H24ClNO4S2/c1-4-14(2)16-5-7-17(8-6-16)28-9-10-29-21-18(24)11-15(12-19(21)27-3)13-20-22(26)25-23(30)31-20/h5-8,11-14H,4,9-10H2,1-3H3,(H,25,26,30)/b20-13-/t14-/m1/s1. The topological polar surface area (TPSA) is 56.8 Å². The van der Waals surface area contributed by atoms with E-state index in [4.69, 9.17) is 38.0 Å². The number of hydrogen-bond acceptors (Lipinski definition) is 6. The molecule has 3 rings (SSSR count). The Morgan fingerprint density at radius 2 is 1.90 bits per heavy atom. The van der Waals surface area contributed by atoms with Crippen molar-refractivity contribution in [2.75, 3.05) is 20.3 Å². The molecule has 1 aliphatic rings. The van der Waals surface area contributed by atoms with Crippen molar-refractivity contribution >= 4 is 51.9 Å². The third kappa shape index (κ3) is 6.15. The molecule has 1 saturated heterocycles. The largest absolute Gasteiger partial charge is 0.493 e. The van der Waals surface area contributed by atoms with Crippen molar-refractivity contribution in [2.24, 2.45) is 0 Å². The molecule has 1 aliphatic heterocycles. The average Bonchev–Trinajstić information content (AvgIpc) is 3.08. The van der Waals surface area contributed by atoms with Crippen LogP contribution in [0.1, 0.15) is 37.3 Å². The summed E-state index contributed by atoms with van der Waals surface area (Å²) in [5.41, 5.74) is 2.02. The van der Waals surface area contributed by atoms with E-state index in [2.05, 4.69) is 31.3 Å². The lowest BCUT2D eigenvalue weighted by Crippen LogP contribution is -2.17. The molecule has 0 spiro atoms. The van der Waals surface area contributed by atoms with Gasteiger partial charge in [0.15, 0.2) is 11.5 Å². The van der Waals surface area contributed by atoms with Gasteiger partial charge in [-0.25, -0.2) is 0 Å². The Hall–Kier alpha value is -2.22. The van der Waals surface area contributed by atoms with Crippen LogP contribution >= 0.6 is 35.6 Å². The van der Waals surface area contributed by atoms with Crippen LogP contribution in [-0.2, 0) is 4.79 Å². The number of amides is 1. The van der Waals surface area contributed by atoms with Crippen molar-refractivity contribution in [2.45, 2.75) is 26.2 Å². The van der Waals surface area contributed by atoms with Gasteiger partial charge in [0.2, 0.25) is 0 Å². The zero-order valence-electron chi connectivity index (χ0n) is 17.6. The first kappa shape index (κ1) is 23.4. The fourth-order valence-corrected chi connectivity index (χ4v) is 4.29. The number of ether oxygens (including phenoxy) is 3. The van der Waals surface area contributed by atoms with Crippen molar-refractivity contribution in [3.05, 3.63) is 57.5 Å². The number of halogens is 1. The fraction of sp³-hybridized carbons (Fsp3) is 0.304. The van der Waals surface area contributed by atoms with Gasteiger partial charge in [0.05, 0.1) is 17.0 Å². The van der Waals surface area contributed by atoms with E-state index < -0.39 is 0 Å². The molecule has 0 radical (unpaired) electrons. The van der Waals surface area contributed by atoms with Crippen molar-refractivity contribution in [3.8, 4) is 17.2 Å². The number of thiocarbonyl (C=S) groups is 1. The molecule has 1 amide bonds. The van der Waals surface area contributed by atoms with Crippen LogP contribution in [0.15, 0.2) is 41.3 Å². The van der Waals surface area contributed by atoms with Gasteiger partial charge in [-0.15, -0.1) is 0 Å². The van der Waals surface area contributed by atoms with Crippen LogP contribution in [0.25, 0.3) is 6.08 Å². The molecule has 0 aliphatic carbocycles. The Balaban J connectivity index is 1.60. The zero-order chi connectivity index (χ0) is 22.4. The van der Waals surface area contributed by atoms with Crippen molar-refractivity contribution in [3.63, 3.8) is 0 Å². The Morgan fingerprint density at radius 1 is 1.19 bits per heavy atom. The van der Waals surface area contributed by atoms with Crippen LogP contribution < -0.4 is 19.5 Å². The zero-order valence-corrected chi connectivity index (χ0v) is 20.0. The third-order valence-electron chi connectivity index (χ3n) is 4.85. The summed E-state index contributed by atoms with van der Waals surface area (Å²) in [6.07, 6.45) is 2.82. The van der Waals surface area contributed by atoms with Crippen LogP contribution in [0.3, 0.4) is 0 Å². The van der Waals surface area contributed by atoms with Gasteiger partial charge in [-0.3, -0.25) is 4.79 Å². The summed E-state index contributed by atoms with van der Waals surface area (Å²) in [6, 6.07) is 11.6. The Kier molecular flexibility index (Phi) is 8.23. The van der Waals surface area contributed by atoms with Gasteiger partial charge in [0.25, 0.3) is 5.91 Å². The lowest BCUT2D eigenvalue weighted by atomic mass is 9.99. The molecule has 2 aromatic carbocycles. The minimum absolute atomic E-state index is 0.222. The van der Waals surface area contributed by atoms with E-state index in [-0.39, 0.29) is 5.91 Å². The van der Waals surface area contributed by atoms with Gasteiger partial charge < -0.3 is 19.5 Å². The molecule has 1 heterocycles. The van der Waals surface area contributed by atoms with Crippen molar-refractivity contribution < 1.29 is 19.0 Å². The van der Waals surface area contributed by atoms with Crippen LogP contribution in [0.4, 0.5) is 0 Å². The normalized spacial score (nSPS) is 15.7. The first-order chi connectivity index (χ1) is 14.9. The van der Waals surface area contributed by atoms with E-state index in [1.807, 2.05) is 12.1 Å². The number of nitrogens with one attached hydrogen (secondary N) is 1. The van der Waals surface area contributed by atoms with E-state index in [1.54, 1.807) is 18.2 Å². The summed E-state index contributed by atoms with van der Waals surface area (Å²) in [5, 5.41) is 2.97. The van der Waals surface area contributed by atoms with Crippen LogP contribution in [0.5, 0.6) is 17.2 Å². The van der Waals surface area contributed by atoms with Gasteiger partial charge in [-0.1, -0.05) is 61.6 Å². The molecule has 164 valence electrons. The first-order valence-corrected chi connectivity index (χ1v) is 11.5. The van der Waals surface area contributed by atoms with Crippen LogP contribution in [-0.4, -0.2) is 30.6 Å². The number of methoxy groups -OCH3 is 1. The number of carbonyl (C=O) groups is 1. The van der Waals surface area contributed by atoms with Gasteiger partial charge in [-0.2, -0.15) is 0 Å². The quantitative estimate of drug-likeness (QED) is 0.279. The highest BCUT2D eigenvalue weighted by atomic mass is 35.5. The number of carbonyl (C=O) groups excluding carboxylic acids is 1. The van der Waals surface area contributed by atoms with E-state index >= 15 is 0 Å². The van der Waals surface area contributed by atoms with E-state index in [9.17, 15) is 4.79 Å². The Morgan fingerprint density at radius 3 is 2.52 bits per heavy atom. The molecule has 2 aromatic rings. The Labute approximate surface area is 197 Å². The van der Waals surface area contributed by atoms with Gasteiger partial charge in [-0.05, 0) is 53.8 Å². The minimum atomic E-state index is -0.222. The van der Waals surface area contributed by atoms with Crippen molar-refractivity contribution in [1.82, 2.24) is 5.32 Å². The van der Waals surface area contributed by atoms with E-state index in [0.717, 1.165) is 12.2 Å². The SMILES string of the molecule is CC[C@@H](C)c1ccc(OCCOc2c(Cl)cc(/C=C3\SC(=S)NC3=O)cc2OC)cc1. The maximum Gasteiger partial charge on any atom is 0.263 e. The molecule has 5 nitrogen and oxygen atoms in total. The summed E-state index contributed by atoms with van der Waals surface area (Å²) in [6.45, 7) is 5.05. The Bertz CT molecular complexity index is 992. The molecule has 0 bridgehead atoms. The lowest BCUT2D eigenvalue weighted by molar-refractivity contribution is -0.115. The predicted octanol–water partition coefficient (Wildman–Crippen LogP) is 5.81. The fourth-order valence-electron chi connectivity index (χ4n) is 2.97. The summed E-state index contributed by atoms with van der Waals surface area (Å²) >= 11 is 12.6. The number of hydrogen-bond donors (Lipinski definition) is 1. The highest BCUT2D eigenvalue weighted by Crippen LogP contribution is 2.38. The maximum atomic E-state index is 11.9. The molecule has 8 heteroatoms. The minimum Gasteiger partial charge on any atom is -0.493 e. The summed E-state index contributed by atoms with van der Waals surface area (Å²) in [7, 11) is 1.54. The second-order valence-electron chi connectivity index (χ2n) is 6.96. The van der Waals surface area contributed by atoms with Gasteiger partial charge >= 0.3 is 0 Å². The molecule has 0 aromatic heterocycles. The van der Waals surface area contributed by atoms with Crippen molar-refractivity contribution in [1.29, 1.82) is 0 Å². The molecule has 0 unspecified atom stereocenters. The summed E-state index contributed by atoms with van der Waals surface area (Å²) < 4.78 is 17.4. The molecule has 1 atom stereocenters. The highest BCUT2D eigenvalue weighted by molar-refractivity contribution is 8.26. The smallest absolute Gasteiger partial charge is 0.263 e. The molecule has 0 saturated carbocycles. The molecular formula is C23H24ClNO4S2. The second kappa shape index (κ2) is 10.9. The molecule has 1 N–H and O–H groups in total. The lowest BCUT2D eigenvalue weighted by Gasteiger charge is -2.14. The molecule has 31 heavy (non-hydrogen) atoms. The van der Waals surface area contributed by atoms with Crippen LogP contribution in [0.2, 0.25) is 5.02 Å². The second-order valence-corrected chi connectivity index (χ2v) is 9.09.